The van der Waals surface area contributed by atoms with Gasteiger partial charge in [0.15, 0.2) is 0 Å². The summed E-state index contributed by atoms with van der Waals surface area (Å²) in [6, 6.07) is 0. The van der Waals surface area contributed by atoms with Gasteiger partial charge < -0.3 is 14.2 Å². The van der Waals surface area contributed by atoms with Gasteiger partial charge in [-0.2, -0.15) is 0 Å². The van der Waals surface area contributed by atoms with Crippen molar-refractivity contribution in [1.82, 2.24) is 0 Å². The Morgan fingerprint density at radius 3 is 2.56 bits per heavy atom. The molecule has 98 valence electrons. The van der Waals surface area contributed by atoms with Gasteiger partial charge in [-0.1, -0.05) is 25.5 Å². The molecule has 1 aliphatic rings. The summed E-state index contributed by atoms with van der Waals surface area (Å²) >= 11 is 0. The van der Waals surface area contributed by atoms with E-state index in [2.05, 4.69) is 30.2 Å². The van der Waals surface area contributed by atoms with Crippen LogP contribution in [0.1, 0.15) is 6.92 Å². The van der Waals surface area contributed by atoms with Gasteiger partial charge in [0.1, 0.15) is 19.0 Å². The van der Waals surface area contributed by atoms with E-state index in [-0.39, 0.29) is 12.1 Å². The summed E-state index contributed by atoms with van der Waals surface area (Å²) in [4.78, 5) is 20.8. The van der Waals surface area contributed by atoms with E-state index in [1.54, 1.807) is 6.92 Å². The van der Waals surface area contributed by atoms with Gasteiger partial charge in [-0.25, -0.2) is 9.59 Å². The fourth-order valence-electron chi connectivity index (χ4n) is 0.604. The maximum atomic E-state index is 10.7. The van der Waals surface area contributed by atoms with Gasteiger partial charge in [-0.3, -0.25) is 0 Å². The third kappa shape index (κ3) is 9.15. The molecule has 0 radical (unpaired) electrons. The molecular formula is C13H16O5. The van der Waals surface area contributed by atoms with Crippen LogP contribution in [-0.2, 0) is 23.8 Å². The lowest BCUT2D eigenvalue weighted by atomic mass is 10.4. The fraction of sp³-hybridized carbons (Fsp3) is 0.308. The maximum Gasteiger partial charge on any atom is 0.335 e. The highest BCUT2D eigenvalue weighted by molar-refractivity contribution is 5.86. The largest absolute Gasteiger partial charge is 0.459 e. The van der Waals surface area contributed by atoms with Crippen molar-refractivity contribution in [3.05, 3.63) is 43.4 Å². The van der Waals surface area contributed by atoms with Gasteiger partial charge in [0.05, 0.1) is 6.61 Å². The van der Waals surface area contributed by atoms with Crippen molar-refractivity contribution < 1.29 is 23.8 Å². The van der Waals surface area contributed by atoms with Gasteiger partial charge in [0.2, 0.25) is 0 Å². The van der Waals surface area contributed by atoms with Crippen LogP contribution in [0.4, 0.5) is 0 Å². The van der Waals surface area contributed by atoms with Crippen molar-refractivity contribution in [1.29, 1.82) is 0 Å². The highest BCUT2D eigenvalue weighted by atomic mass is 16.6. The molecule has 0 saturated carbocycles. The topological polar surface area (TPSA) is 65.1 Å². The number of ether oxygens (including phenoxy) is 3. The summed E-state index contributed by atoms with van der Waals surface area (Å²) in [5.41, 5.74) is 2.70. The number of rotatable bonds is 5. The Balaban J connectivity index is 0.000000331. The Hall–Kier alpha value is -2.10. The quantitative estimate of drug-likeness (QED) is 0.244. The van der Waals surface area contributed by atoms with Gasteiger partial charge in [-0.05, 0) is 6.92 Å². The molecule has 0 amide bonds. The molecule has 0 N–H and O–H groups in total. The minimum absolute atomic E-state index is 0.142. The van der Waals surface area contributed by atoms with Crippen molar-refractivity contribution in [2.75, 3.05) is 13.2 Å². The van der Waals surface area contributed by atoms with Crippen LogP contribution in [0.5, 0.6) is 0 Å². The molecule has 0 bridgehead atoms. The second-order valence-electron chi connectivity index (χ2n) is 3.30. The highest BCUT2D eigenvalue weighted by Gasteiger charge is 2.24. The molecule has 5 nitrogen and oxygen atoms in total. The second-order valence-corrected chi connectivity index (χ2v) is 3.30. The monoisotopic (exact) mass is 252 g/mol. The van der Waals surface area contributed by atoms with E-state index in [1.165, 1.54) is 0 Å². The molecule has 0 aromatic carbocycles. The van der Waals surface area contributed by atoms with E-state index in [0.29, 0.717) is 18.8 Å². The van der Waals surface area contributed by atoms with Crippen molar-refractivity contribution in [2.45, 2.75) is 13.0 Å². The minimum atomic E-state index is -0.499. The average Bonchev–Trinajstić information content (AvgIpc) is 3.17. The van der Waals surface area contributed by atoms with Gasteiger partial charge >= 0.3 is 11.9 Å². The molecule has 1 aliphatic heterocycles. The molecule has 18 heavy (non-hydrogen) atoms. The van der Waals surface area contributed by atoms with Crippen LogP contribution in [-0.4, -0.2) is 31.3 Å². The summed E-state index contributed by atoms with van der Waals surface area (Å²) in [6.07, 6.45) is 2.28. The fourth-order valence-corrected chi connectivity index (χ4v) is 0.604. The van der Waals surface area contributed by atoms with Gasteiger partial charge in [0, 0.05) is 11.6 Å². The van der Waals surface area contributed by atoms with E-state index < -0.39 is 5.97 Å². The van der Waals surface area contributed by atoms with Gasteiger partial charge in [-0.15, -0.1) is 0 Å². The number of hydrogen-bond donors (Lipinski definition) is 0. The Bertz CT molecular complexity index is 373. The van der Waals surface area contributed by atoms with Crippen LogP contribution in [0, 0.1) is 0 Å². The first-order chi connectivity index (χ1) is 8.51. The Kier molecular flexibility index (Phi) is 7.94. The summed E-state index contributed by atoms with van der Waals surface area (Å²) in [5, 5.41) is 0. The minimum Gasteiger partial charge on any atom is -0.459 e. The zero-order chi connectivity index (χ0) is 14.0. The van der Waals surface area contributed by atoms with Crippen molar-refractivity contribution in [2.24, 2.45) is 0 Å². The SMILES string of the molecule is C=C(C)C(=O)OCC1CO1.C=C=COC(=O)C=C. The standard InChI is InChI=1S/C7H10O3.C6H6O2/c1-5(2)7(8)10-4-6-3-9-6;1-3-5-8-6(7)4-2/h6H,1,3-4H2,2H3;4-5H,1-2H2. The summed E-state index contributed by atoms with van der Waals surface area (Å²) < 4.78 is 13.9. The number of carbonyl (C=O) groups excluding carboxylic acids is 2. The first-order valence-corrected chi connectivity index (χ1v) is 5.12. The lowest BCUT2D eigenvalue weighted by Gasteiger charge is -1.99. The predicted molar refractivity (Wildman–Crippen MR) is 65.5 cm³/mol. The maximum absolute atomic E-state index is 10.7. The van der Waals surface area contributed by atoms with Crippen LogP contribution < -0.4 is 0 Å². The number of carbonyl (C=O) groups is 2. The Morgan fingerprint density at radius 1 is 1.56 bits per heavy atom. The van der Waals surface area contributed by atoms with E-state index >= 15 is 0 Å². The van der Waals surface area contributed by atoms with Crippen molar-refractivity contribution in [3.63, 3.8) is 0 Å². The van der Waals surface area contributed by atoms with E-state index in [1.807, 2.05) is 0 Å². The lowest BCUT2D eigenvalue weighted by Crippen LogP contribution is -2.09. The van der Waals surface area contributed by atoms with Crippen LogP contribution in [0.2, 0.25) is 0 Å². The molecule has 1 rings (SSSR count). The van der Waals surface area contributed by atoms with Gasteiger partial charge in [0.25, 0.3) is 0 Å². The van der Waals surface area contributed by atoms with Crippen LogP contribution >= 0.6 is 0 Å². The molecule has 0 aliphatic carbocycles. The average molecular weight is 252 g/mol. The lowest BCUT2D eigenvalue weighted by molar-refractivity contribution is -0.139. The molecule has 0 spiro atoms. The molecule has 1 saturated heterocycles. The molecule has 1 fully saturated rings. The van der Waals surface area contributed by atoms with Crippen LogP contribution in [0.15, 0.2) is 43.4 Å². The molecule has 1 atom stereocenters. The third-order valence-corrected chi connectivity index (χ3v) is 1.58. The molecular weight excluding hydrogens is 236 g/mol. The smallest absolute Gasteiger partial charge is 0.335 e. The molecule has 0 aromatic rings. The number of esters is 2. The second kappa shape index (κ2) is 8.98. The third-order valence-electron chi connectivity index (χ3n) is 1.58. The molecule has 5 heteroatoms. The Morgan fingerprint density at radius 2 is 2.17 bits per heavy atom. The van der Waals surface area contributed by atoms with E-state index in [0.717, 1.165) is 12.3 Å². The predicted octanol–water partition coefficient (Wildman–Crippen LogP) is 1.52. The first kappa shape index (κ1) is 15.9. The molecule has 1 heterocycles. The first-order valence-electron chi connectivity index (χ1n) is 5.12. The molecule has 0 aromatic heterocycles. The number of hydrogen-bond acceptors (Lipinski definition) is 5. The molecule has 1 unspecified atom stereocenters. The van der Waals surface area contributed by atoms with E-state index in [9.17, 15) is 9.59 Å². The van der Waals surface area contributed by atoms with Crippen molar-refractivity contribution in [3.8, 4) is 0 Å². The number of epoxide rings is 1. The zero-order valence-electron chi connectivity index (χ0n) is 10.3. The highest BCUT2D eigenvalue weighted by Crippen LogP contribution is 2.09. The van der Waals surface area contributed by atoms with Crippen molar-refractivity contribution >= 4 is 11.9 Å². The van der Waals surface area contributed by atoms with Crippen LogP contribution in [0.3, 0.4) is 0 Å². The summed E-state index contributed by atoms with van der Waals surface area (Å²) in [7, 11) is 0. The summed E-state index contributed by atoms with van der Waals surface area (Å²) in [5.74, 6) is -0.836. The Labute approximate surface area is 106 Å². The zero-order valence-corrected chi connectivity index (χ0v) is 10.3. The normalized spacial score (nSPS) is 15.1. The van der Waals surface area contributed by atoms with E-state index in [4.69, 9.17) is 9.47 Å². The summed E-state index contributed by atoms with van der Waals surface area (Å²) in [6.45, 7) is 12.5. The van der Waals surface area contributed by atoms with Crippen LogP contribution in [0.25, 0.3) is 0 Å².